The highest BCUT2D eigenvalue weighted by Gasteiger charge is 2.43. The average Bonchev–Trinajstić information content (AvgIpc) is 2.71. The number of aromatic nitrogens is 1. The highest BCUT2D eigenvalue weighted by atomic mass is 19.3. The van der Waals surface area contributed by atoms with Crippen molar-refractivity contribution in [1.29, 1.82) is 0 Å². The van der Waals surface area contributed by atoms with Gasteiger partial charge in [-0.05, 0) is 12.1 Å². The van der Waals surface area contributed by atoms with Gasteiger partial charge < -0.3 is 19.6 Å². The Hall–Kier alpha value is -2.31. The third kappa shape index (κ3) is 1.47. The van der Waals surface area contributed by atoms with Crippen LogP contribution in [0.4, 0.5) is 8.78 Å². The molecule has 2 N–H and O–H groups in total. The van der Waals surface area contributed by atoms with E-state index in [4.69, 9.17) is 5.11 Å². The minimum absolute atomic E-state index is 0.0320. The molecule has 0 amide bonds. The summed E-state index contributed by atoms with van der Waals surface area (Å²) in [6.45, 7) is 0. The molecule has 88 valence electrons. The van der Waals surface area contributed by atoms with Gasteiger partial charge in [0.1, 0.15) is 5.69 Å². The summed E-state index contributed by atoms with van der Waals surface area (Å²) in [4.78, 5) is 13.3. The standard InChI is InChI=1S/C10H5F2NO4/c11-10(12)16-7-2-4-1-6(9(14)15)13-5(4)3-8(7)17-10/h1-3,13H,(H,14,15). The first kappa shape index (κ1) is 9.88. The number of carbonyl (C=O) groups is 1. The monoisotopic (exact) mass is 241 g/mol. The van der Waals surface area contributed by atoms with E-state index in [-0.39, 0.29) is 17.2 Å². The van der Waals surface area contributed by atoms with Gasteiger partial charge >= 0.3 is 12.3 Å². The predicted molar refractivity (Wildman–Crippen MR) is 51.5 cm³/mol. The number of carboxylic acid groups (broad SMARTS) is 1. The zero-order chi connectivity index (χ0) is 12.2. The number of aromatic amines is 1. The van der Waals surface area contributed by atoms with E-state index in [1.165, 1.54) is 18.2 Å². The molecule has 3 rings (SSSR count). The van der Waals surface area contributed by atoms with Crippen molar-refractivity contribution in [3.05, 3.63) is 23.9 Å². The van der Waals surface area contributed by atoms with Gasteiger partial charge in [0.25, 0.3) is 0 Å². The fraction of sp³-hybridized carbons (Fsp3) is 0.100. The van der Waals surface area contributed by atoms with Crippen LogP contribution in [0.5, 0.6) is 11.5 Å². The van der Waals surface area contributed by atoms with Crippen LogP contribution >= 0.6 is 0 Å². The van der Waals surface area contributed by atoms with E-state index in [0.29, 0.717) is 10.9 Å². The molecule has 2 heterocycles. The lowest BCUT2D eigenvalue weighted by atomic mass is 10.2. The maximum atomic E-state index is 12.8. The minimum Gasteiger partial charge on any atom is -0.477 e. The van der Waals surface area contributed by atoms with Gasteiger partial charge in [-0.2, -0.15) is 0 Å². The molecule has 0 unspecified atom stereocenters. The Labute approximate surface area is 92.6 Å². The van der Waals surface area contributed by atoms with E-state index < -0.39 is 12.3 Å². The van der Waals surface area contributed by atoms with Gasteiger partial charge in [-0.3, -0.25) is 0 Å². The molecule has 0 fully saturated rings. The molecule has 5 nitrogen and oxygen atoms in total. The molecule has 0 atom stereocenters. The lowest BCUT2D eigenvalue weighted by molar-refractivity contribution is -0.286. The molecule has 0 saturated heterocycles. The highest BCUT2D eigenvalue weighted by molar-refractivity contribution is 5.94. The molecule has 0 aliphatic carbocycles. The molecular weight excluding hydrogens is 236 g/mol. The normalized spacial score (nSPS) is 16.4. The second-order valence-electron chi connectivity index (χ2n) is 3.54. The van der Waals surface area contributed by atoms with Gasteiger partial charge in [0.2, 0.25) is 0 Å². The van der Waals surface area contributed by atoms with Gasteiger partial charge in [0.15, 0.2) is 11.5 Å². The predicted octanol–water partition coefficient (Wildman–Crippen LogP) is 2.19. The molecule has 0 saturated carbocycles. The van der Waals surface area contributed by atoms with Crippen LogP contribution in [0.3, 0.4) is 0 Å². The third-order valence-electron chi connectivity index (χ3n) is 2.37. The van der Waals surface area contributed by atoms with Gasteiger partial charge in [-0.15, -0.1) is 8.78 Å². The number of benzene rings is 1. The fourth-order valence-corrected chi connectivity index (χ4v) is 1.69. The Bertz CT molecular complexity index is 590. The third-order valence-corrected chi connectivity index (χ3v) is 2.37. The first-order valence-corrected chi connectivity index (χ1v) is 4.60. The second kappa shape index (κ2) is 2.88. The van der Waals surface area contributed by atoms with E-state index in [0.717, 1.165) is 0 Å². The highest BCUT2D eigenvalue weighted by Crippen LogP contribution is 2.43. The SMILES string of the molecule is O=C(O)c1cc2cc3c(cc2[nH]1)OC(F)(F)O3. The maximum absolute atomic E-state index is 12.8. The lowest BCUT2D eigenvalue weighted by Gasteiger charge is -2.04. The molecule has 0 spiro atoms. The average molecular weight is 241 g/mol. The van der Waals surface area contributed by atoms with Crippen LogP contribution in [0.1, 0.15) is 10.5 Å². The summed E-state index contributed by atoms with van der Waals surface area (Å²) >= 11 is 0. The van der Waals surface area contributed by atoms with Crippen LogP contribution < -0.4 is 9.47 Å². The van der Waals surface area contributed by atoms with Crippen molar-refractivity contribution in [3.8, 4) is 11.5 Å². The van der Waals surface area contributed by atoms with E-state index in [2.05, 4.69) is 14.5 Å². The number of aromatic carboxylic acids is 1. The summed E-state index contributed by atoms with van der Waals surface area (Å²) in [7, 11) is 0. The number of carboxylic acids is 1. The number of hydrogen-bond acceptors (Lipinski definition) is 3. The molecule has 1 aliphatic heterocycles. The van der Waals surface area contributed by atoms with Gasteiger partial charge in [-0.25, -0.2) is 4.79 Å². The Balaban J connectivity index is 2.15. The molecule has 0 radical (unpaired) electrons. The zero-order valence-corrected chi connectivity index (χ0v) is 8.16. The number of H-pyrrole nitrogens is 1. The van der Waals surface area contributed by atoms with E-state index in [1.807, 2.05) is 0 Å². The molecule has 7 heteroatoms. The number of hydrogen-bond donors (Lipinski definition) is 2. The summed E-state index contributed by atoms with van der Waals surface area (Å²) in [5, 5.41) is 9.23. The van der Waals surface area contributed by atoms with Crippen LogP contribution in [0.25, 0.3) is 10.9 Å². The molecule has 2 aromatic rings. The van der Waals surface area contributed by atoms with Gasteiger partial charge in [-0.1, -0.05) is 0 Å². The van der Waals surface area contributed by atoms with Crippen molar-refractivity contribution in [2.75, 3.05) is 0 Å². The van der Waals surface area contributed by atoms with Crippen molar-refractivity contribution < 1.29 is 28.2 Å². The van der Waals surface area contributed by atoms with Crippen molar-refractivity contribution >= 4 is 16.9 Å². The van der Waals surface area contributed by atoms with Crippen LogP contribution in [-0.2, 0) is 0 Å². The van der Waals surface area contributed by atoms with Crippen LogP contribution in [-0.4, -0.2) is 22.4 Å². The smallest absolute Gasteiger partial charge is 0.477 e. The van der Waals surface area contributed by atoms with Crippen LogP contribution in [0.2, 0.25) is 0 Å². The topological polar surface area (TPSA) is 71.5 Å². The summed E-state index contributed by atoms with van der Waals surface area (Å²) in [6.07, 6.45) is -3.67. The number of ether oxygens (including phenoxy) is 2. The van der Waals surface area contributed by atoms with Gasteiger partial charge in [0.05, 0.1) is 5.52 Å². The summed E-state index contributed by atoms with van der Waals surface area (Å²) in [5.74, 6) is -1.37. The Morgan fingerprint density at radius 3 is 2.53 bits per heavy atom. The lowest BCUT2D eigenvalue weighted by Crippen LogP contribution is -2.25. The molecule has 1 aliphatic rings. The van der Waals surface area contributed by atoms with E-state index in [9.17, 15) is 13.6 Å². The molecule has 1 aromatic heterocycles. The van der Waals surface area contributed by atoms with E-state index in [1.54, 1.807) is 0 Å². The Kier molecular flexibility index (Phi) is 1.67. The first-order valence-electron chi connectivity index (χ1n) is 4.60. The number of alkyl halides is 2. The fourth-order valence-electron chi connectivity index (χ4n) is 1.69. The maximum Gasteiger partial charge on any atom is 0.586 e. The largest absolute Gasteiger partial charge is 0.586 e. The first-order chi connectivity index (χ1) is 7.94. The van der Waals surface area contributed by atoms with Crippen molar-refractivity contribution in [3.63, 3.8) is 0 Å². The van der Waals surface area contributed by atoms with Crippen LogP contribution in [0.15, 0.2) is 18.2 Å². The van der Waals surface area contributed by atoms with Gasteiger partial charge in [0, 0.05) is 11.5 Å². The molecule has 17 heavy (non-hydrogen) atoms. The summed E-state index contributed by atoms with van der Waals surface area (Å²) < 4.78 is 34.0. The van der Waals surface area contributed by atoms with E-state index >= 15 is 0 Å². The molecule has 0 bridgehead atoms. The van der Waals surface area contributed by atoms with Crippen molar-refractivity contribution in [2.45, 2.75) is 6.29 Å². The summed E-state index contributed by atoms with van der Waals surface area (Å²) in [5.41, 5.74) is 0.359. The zero-order valence-electron chi connectivity index (χ0n) is 8.16. The number of halogens is 2. The molecular formula is C10H5F2NO4. The summed E-state index contributed by atoms with van der Waals surface area (Å²) in [6, 6.07) is 3.91. The van der Waals surface area contributed by atoms with Crippen molar-refractivity contribution in [2.24, 2.45) is 0 Å². The second-order valence-corrected chi connectivity index (χ2v) is 3.54. The van der Waals surface area contributed by atoms with Crippen molar-refractivity contribution in [1.82, 2.24) is 4.98 Å². The minimum atomic E-state index is -3.67. The number of fused-ring (bicyclic) bond motifs is 2. The number of rotatable bonds is 1. The Morgan fingerprint density at radius 2 is 1.88 bits per heavy atom. The number of nitrogens with one attached hydrogen (secondary N) is 1. The Morgan fingerprint density at radius 1 is 1.24 bits per heavy atom. The van der Waals surface area contributed by atoms with Crippen LogP contribution in [0, 0.1) is 0 Å². The quantitative estimate of drug-likeness (QED) is 0.802. The molecule has 1 aromatic carbocycles.